The van der Waals surface area contributed by atoms with Crippen LogP contribution in [-0.4, -0.2) is 56.8 Å². The molecule has 0 unspecified atom stereocenters. The molecule has 0 aliphatic rings. The minimum atomic E-state index is -0.506. The molecule has 0 fully saturated rings. The van der Waals surface area contributed by atoms with Crippen LogP contribution < -0.4 is 21.3 Å². The van der Waals surface area contributed by atoms with Gasteiger partial charge in [0.05, 0.1) is 4.88 Å². The normalized spacial score (nSPS) is 11.2. The molecule has 10 heteroatoms. The van der Waals surface area contributed by atoms with Crippen LogP contribution in [0.25, 0.3) is 0 Å². The number of amides is 2. The van der Waals surface area contributed by atoms with Crippen molar-refractivity contribution in [3.05, 3.63) is 22.4 Å². The highest BCUT2D eigenvalue weighted by molar-refractivity contribution is 14.0. The second-order valence-electron chi connectivity index (χ2n) is 6.44. The van der Waals surface area contributed by atoms with E-state index in [2.05, 4.69) is 26.3 Å². The number of nitrogens with zero attached hydrogens (tertiary/aromatic N) is 1. The van der Waals surface area contributed by atoms with Crippen LogP contribution in [0.3, 0.4) is 0 Å². The first-order chi connectivity index (χ1) is 12.3. The number of alkyl carbamates (subject to hydrolysis) is 1. The summed E-state index contributed by atoms with van der Waals surface area (Å²) in [5.41, 5.74) is -0.506. The molecular weight excluding hydrogens is 481 g/mol. The molecule has 0 bridgehead atoms. The summed E-state index contributed by atoms with van der Waals surface area (Å²) in [5.74, 6) is 0.594. The van der Waals surface area contributed by atoms with Crippen LogP contribution in [0.15, 0.2) is 22.5 Å². The highest BCUT2D eigenvalue weighted by atomic mass is 127. The Hall–Kier alpha value is -1.56. The average Bonchev–Trinajstić information content (AvgIpc) is 3.09. The fourth-order valence-corrected chi connectivity index (χ4v) is 2.51. The van der Waals surface area contributed by atoms with Gasteiger partial charge in [-0.15, -0.1) is 35.3 Å². The maximum atomic E-state index is 11.8. The van der Waals surface area contributed by atoms with Crippen molar-refractivity contribution < 1.29 is 14.3 Å². The SMILES string of the molecule is CN=C(NCCCNC(=O)c1cccs1)NCCNC(=O)OC(C)(C)C.I. The molecule has 8 nitrogen and oxygen atoms in total. The third-order valence-corrected chi connectivity index (χ3v) is 3.85. The molecule has 0 aliphatic heterocycles. The monoisotopic (exact) mass is 511 g/mol. The van der Waals surface area contributed by atoms with Gasteiger partial charge in [-0.2, -0.15) is 0 Å². The molecule has 2 amide bonds. The van der Waals surface area contributed by atoms with Crippen LogP contribution >= 0.6 is 35.3 Å². The number of carbonyl (C=O) groups excluding carboxylic acids is 2. The summed E-state index contributed by atoms with van der Waals surface area (Å²) in [5, 5.41) is 13.7. The number of hydrogen-bond acceptors (Lipinski definition) is 5. The number of guanidine groups is 1. The molecule has 0 aliphatic carbocycles. The lowest BCUT2D eigenvalue weighted by Gasteiger charge is -2.19. The number of rotatable bonds is 8. The van der Waals surface area contributed by atoms with E-state index in [4.69, 9.17) is 4.74 Å². The molecule has 0 spiro atoms. The Morgan fingerprint density at radius 2 is 1.70 bits per heavy atom. The molecule has 0 aromatic carbocycles. The number of hydrogen-bond donors (Lipinski definition) is 4. The van der Waals surface area contributed by atoms with Gasteiger partial charge in [0.2, 0.25) is 0 Å². The molecular formula is C17H30IN5O3S. The van der Waals surface area contributed by atoms with E-state index in [1.807, 2.05) is 32.2 Å². The summed E-state index contributed by atoms with van der Waals surface area (Å²) < 4.78 is 5.15. The zero-order chi connectivity index (χ0) is 19.4. The number of thiophene rings is 1. The van der Waals surface area contributed by atoms with Crippen LogP contribution in [0.1, 0.15) is 36.9 Å². The molecule has 0 atom stereocenters. The molecule has 4 N–H and O–H groups in total. The number of nitrogens with one attached hydrogen (secondary N) is 4. The third-order valence-electron chi connectivity index (χ3n) is 2.99. The van der Waals surface area contributed by atoms with Crippen molar-refractivity contribution in [3.8, 4) is 0 Å². The van der Waals surface area contributed by atoms with Gasteiger partial charge in [-0.3, -0.25) is 9.79 Å². The van der Waals surface area contributed by atoms with E-state index in [1.54, 1.807) is 13.1 Å². The Morgan fingerprint density at radius 1 is 1.07 bits per heavy atom. The van der Waals surface area contributed by atoms with Crippen molar-refractivity contribution in [2.24, 2.45) is 4.99 Å². The molecule has 0 saturated carbocycles. The summed E-state index contributed by atoms with van der Waals surface area (Å²) in [6.07, 6.45) is 0.331. The Labute approximate surface area is 181 Å². The van der Waals surface area contributed by atoms with Crippen molar-refractivity contribution in [2.45, 2.75) is 32.8 Å². The predicted molar refractivity (Wildman–Crippen MR) is 120 cm³/mol. The van der Waals surface area contributed by atoms with E-state index >= 15 is 0 Å². The molecule has 1 heterocycles. The maximum absolute atomic E-state index is 11.8. The van der Waals surface area contributed by atoms with Crippen molar-refractivity contribution >= 4 is 53.3 Å². The summed E-state index contributed by atoms with van der Waals surface area (Å²) in [4.78, 5) is 28.1. The van der Waals surface area contributed by atoms with Crippen molar-refractivity contribution in [3.63, 3.8) is 0 Å². The number of halogens is 1. The maximum Gasteiger partial charge on any atom is 0.407 e. The zero-order valence-corrected chi connectivity index (χ0v) is 19.4. The van der Waals surface area contributed by atoms with Gasteiger partial charge in [0.15, 0.2) is 5.96 Å². The lowest BCUT2D eigenvalue weighted by atomic mass is 10.2. The van der Waals surface area contributed by atoms with E-state index in [0.717, 1.165) is 6.42 Å². The van der Waals surface area contributed by atoms with E-state index in [-0.39, 0.29) is 29.9 Å². The summed E-state index contributed by atoms with van der Waals surface area (Å²) >= 11 is 1.42. The van der Waals surface area contributed by atoms with Crippen molar-refractivity contribution in [1.29, 1.82) is 0 Å². The fourth-order valence-electron chi connectivity index (χ4n) is 1.87. The molecule has 1 aromatic rings. The van der Waals surface area contributed by atoms with Gasteiger partial charge < -0.3 is 26.0 Å². The van der Waals surface area contributed by atoms with Crippen LogP contribution in [0.2, 0.25) is 0 Å². The van der Waals surface area contributed by atoms with Gasteiger partial charge >= 0.3 is 6.09 Å². The lowest BCUT2D eigenvalue weighted by molar-refractivity contribution is 0.0528. The van der Waals surface area contributed by atoms with Gasteiger partial charge in [-0.25, -0.2) is 4.79 Å². The van der Waals surface area contributed by atoms with Crippen LogP contribution in [0.5, 0.6) is 0 Å². The molecule has 154 valence electrons. The van der Waals surface area contributed by atoms with Crippen LogP contribution in [0, 0.1) is 0 Å². The summed E-state index contributed by atoms with van der Waals surface area (Å²) in [7, 11) is 1.68. The largest absolute Gasteiger partial charge is 0.444 e. The second kappa shape index (κ2) is 13.6. The smallest absolute Gasteiger partial charge is 0.407 e. The fraction of sp³-hybridized carbons (Fsp3) is 0.588. The topological polar surface area (TPSA) is 104 Å². The Balaban J connectivity index is 0.00000676. The summed E-state index contributed by atoms with van der Waals surface area (Å²) in [6.45, 7) is 7.66. The summed E-state index contributed by atoms with van der Waals surface area (Å²) in [6, 6.07) is 3.66. The quantitative estimate of drug-likeness (QED) is 0.186. The van der Waals surface area contributed by atoms with E-state index in [9.17, 15) is 9.59 Å². The first-order valence-electron chi connectivity index (χ1n) is 8.55. The third kappa shape index (κ3) is 12.5. The lowest BCUT2D eigenvalue weighted by Crippen LogP contribution is -2.43. The van der Waals surface area contributed by atoms with Crippen molar-refractivity contribution in [2.75, 3.05) is 33.2 Å². The van der Waals surface area contributed by atoms with E-state index in [1.165, 1.54) is 11.3 Å². The first kappa shape index (κ1) is 25.4. The highest BCUT2D eigenvalue weighted by Crippen LogP contribution is 2.07. The Bertz CT molecular complexity index is 588. The molecule has 0 saturated heterocycles. The molecule has 0 radical (unpaired) electrons. The number of ether oxygens (including phenoxy) is 1. The standard InChI is InChI=1S/C17H29N5O3S.HI/c1-17(2,3)25-16(24)22-11-10-21-15(18-4)20-9-6-8-19-14(23)13-7-5-12-26-13;/h5,7,12H,6,8-11H2,1-4H3,(H,19,23)(H,22,24)(H2,18,20,21);1H. The Kier molecular flexibility index (Phi) is 12.8. The average molecular weight is 511 g/mol. The van der Waals surface area contributed by atoms with Gasteiger partial charge in [0, 0.05) is 33.2 Å². The van der Waals surface area contributed by atoms with Crippen LogP contribution in [0.4, 0.5) is 4.79 Å². The van der Waals surface area contributed by atoms with Crippen LogP contribution in [-0.2, 0) is 4.74 Å². The molecule has 1 rings (SSSR count). The van der Waals surface area contributed by atoms with Crippen molar-refractivity contribution in [1.82, 2.24) is 21.3 Å². The molecule has 27 heavy (non-hydrogen) atoms. The number of aliphatic imine (C=N–C) groups is 1. The minimum Gasteiger partial charge on any atom is -0.444 e. The van der Waals surface area contributed by atoms with Gasteiger partial charge in [-0.1, -0.05) is 6.07 Å². The van der Waals surface area contributed by atoms with Gasteiger partial charge in [0.25, 0.3) is 5.91 Å². The molecule has 1 aromatic heterocycles. The van der Waals surface area contributed by atoms with E-state index < -0.39 is 11.7 Å². The van der Waals surface area contributed by atoms with Gasteiger partial charge in [0.1, 0.15) is 5.60 Å². The second-order valence-corrected chi connectivity index (χ2v) is 7.39. The highest BCUT2D eigenvalue weighted by Gasteiger charge is 2.15. The van der Waals surface area contributed by atoms with Gasteiger partial charge in [-0.05, 0) is 38.6 Å². The van der Waals surface area contributed by atoms with E-state index in [0.29, 0.717) is 37.0 Å². The first-order valence-corrected chi connectivity index (χ1v) is 9.43. The predicted octanol–water partition coefficient (Wildman–Crippen LogP) is 2.18. The minimum absolute atomic E-state index is 0. The number of carbonyl (C=O) groups is 2. The zero-order valence-electron chi connectivity index (χ0n) is 16.3. The Morgan fingerprint density at radius 3 is 2.30 bits per heavy atom.